The van der Waals surface area contributed by atoms with Crippen molar-refractivity contribution in [1.82, 2.24) is 0 Å². The smallest absolute Gasteiger partial charge is 0.134 e. The number of furan rings is 1. The van der Waals surface area contributed by atoms with Crippen LogP contribution in [0.3, 0.4) is 0 Å². The molecule has 0 amide bonds. The maximum atomic E-state index is 5.83. The summed E-state index contributed by atoms with van der Waals surface area (Å²) in [6.45, 7) is 8.68. The number of nitrogens with two attached hydrogens (primary N) is 1. The van der Waals surface area contributed by atoms with Crippen LogP contribution < -0.4 is 5.73 Å². The molecule has 0 fully saturated rings. The van der Waals surface area contributed by atoms with Crippen molar-refractivity contribution in [1.29, 1.82) is 0 Å². The van der Waals surface area contributed by atoms with Gasteiger partial charge in [-0.2, -0.15) is 0 Å². The van der Waals surface area contributed by atoms with E-state index in [1.54, 1.807) is 0 Å². The van der Waals surface area contributed by atoms with E-state index in [1.807, 2.05) is 13.0 Å². The Bertz CT molecular complexity index is 523. The van der Waals surface area contributed by atoms with Crippen LogP contribution in [-0.4, -0.2) is 0 Å². The van der Waals surface area contributed by atoms with Crippen molar-refractivity contribution in [3.05, 3.63) is 35.6 Å². The zero-order valence-corrected chi connectivity index (χ0v) is 11.1. The Kier molecular flexibility index (Phi) is 3.00. The van der Waals surface area contributed by atoms with Gasteiger partial charge >= 0.3 is 0 Å². The number of rotatable bonds is 3. The molecule has 0 aliphatic heterocycles. The van der Waals surface area contributed by atoms with Gasteiger partial charge in [-0.1, -0.05) is 26.8 Å². The lowest BCUT2D eigenvalue weighted by Gasteiger charge is -2.23. The maximum absolute atomic E-state index is 5.83. The summed E-state index contributed by atoms with van der Waals surface area (Å²) in [6.07, 6.45) is 1.12. The number of hydrogen-bond donors (Lipinski definition) is 1. The molecule has 0 aliphatic carbocycles. The van der Waals surface area contributed by atoms with Gasteiger partial charge in [0.05, 0.1) is 6.04 Å². The fourth-order valence-electron chi connectivity index (χ4n) is 1.91. The quantitative estimate of drug-likeness (QED) is 0.862. The molecule has 0 radical (unpaired) electrons. The van der Waals surface area contributed by atoms with Gasteiger partial charge in [0.25, 0.3) is 0 Å². The summed E-state index contributed by atoms with van der Waals surface area (Å²) in [7, 11) is 0. The van der Waals surface area contributed by atoms with E-state index in [0.29, 0.717) is 0 Å². The van der Waals surface area contributed by atoms with E-state index < -0.39 is 0 Å². The second kappa shape index (κ2) is 4.19. The number of benzene rings is 1. The van der Waals surface area contributed by atoms with E-state index in [-0.39, 0.29) is 11.5 Å². The molecular formula is C15H21NO. The Balaban J connectivity index is 2.50. The van der Waals surface area contributed by atoms with Crippen LogP contribution in [0.25, 0.3) is 11.0 Å². The van der Waals surface area contributed by atoms with Gasteiger partial charge in [-0.15, -0.1) is 0 Å². The Morgan fingerprint density at radius 1 is 1.29 bits per heavy atom. The molecule has 0 bridgehead atoms. The van der Waals surface area contributed by atoms with Gasteiger partial charge in [0, 0.05) is 5.39 Å². The fourth-order valence-corrected chi connectivity index (χ4v) is 1.91. The van der Waals surface area contributed by atoms with Crippen molar-refractivity contribution in [2.24, 2.45) is 5.73 Å². The fraction of sp³-hybridized carbons (Fsp3) is 0.467. The average Bonchev–Trinajstić information content (AvgIpc) is 2.71. The largest absolute Gasteiger partial charge is 0.459 e. The summed E-state index contributed by atoms with van der Waals surface area (Å²) in [4.78, 5) is 0. The minimum atomic E-state index is -0.0509. The monoisotopic (exact) mass is 231 g/mol. The minimum Gasteiger partial charge on any atom is -0.459 e. The zero-order chi connectivity index (χ0) is 12.6. The molecule has 1 aromatic heterocycles. The predicted octanol–water partition coefficient (Wildman–Crippen LogP) is 4.14. The first kappa shape index (κ1) is 12.2. The Hall–Kier alpha value is -1.28. The first-order valence-corrected chi connectivity index (χ1v) is 6.23. The van der Waals surface area contributed by atoms with Crippen LogP contribution in [0.1, 0.15) is 51.5 Å². The molecular weight excluding hydrogens is 210 g/mol. The molecule has 2 heteroatoms. The van der Waals surface area contributed by atoms with E-state index in [9.17, 15) is 0 Å². The molecule has 92 valence electrons. The van der Waals surface area contributed by atoms with Crippen LogP contribution in [0.2, 0.25) is 0 Å². The van der Waals surface area contributed by atoms with Crippen LogP contribution >= 0.6 is 0 Å². The standard InChI is InChI=1S/C15H21NO/c1-5-15(3,4)12-6-7-13-11(8-12)9-14(17-13)10(2)16/h6-10H,5,16H2,1-4H3. The second-order valence-electron chi connectivity index (χ2n) is 5.43. The third-order valence-corrected chi connectivity index (χ3v) is 3.65. The summed E-state index contributed by atoms with van der Waals surface area (Å²) < 4.78 is 5.71. The van der Waals surface area contributed by atoms with Crippen molar-refractivity contribution in [2.45, 2.75) is 45.6 Å². The van der Waals surface area contributed by atoms with Crippen LogP contribution in [0.5, 0.6) is 0 Å². The molecule has 0 aliphatic rings. The normalized spacial score (nSPS) is 14.2. The molecule has 2 nitrogen and oxygen atoms in total. The Labute approximate surface area is 103 Å². The summed E-state index contributed by atoms with van der Waals surface area (Å²) in [5, 5.41) is 1.15. The number of fused-ring (bicyclic) bond motifs is 1. The van der Waals surface area contributed by atoms with Gasteiger partial charge in [0.2, 0.25) is 0 Å². The SMILES string of the molecule is CCC(C)(C)c1ccc2oc(C(C)N)cc2c1. The molecule has 1 heterocycles. The lowest BCUT2D eigenvalue weighted by atomic mass is 9.82. The highest BCUT2D eigenvalue weighted by Gasteiger charge is 2.19. The predicted molar refractivity (Wildman–Crippen MR) is 72.1 cm³/mol. The molecule has 0 saturated carbocycles. The Morgan fingerprint density at radius 2 is 2.00 bits per heavy atom. The summed E-state index contributed by atoms with van der Waals surface area (Å²) in [5.74, 6) is 0.853. The van der Waals surface area contributed by atoms with Crippen LogP contribution in [0.15, 0.2) is 28.7 Å². The first-order chi connectivity index (χ1) is 7.94. The maximum Gasteiger partial charge on any atom is 0.134 e. The molecule has 2 aromatic rings. The van der Waals surface area contributed by atoms with E-state index >= 15 is 0 Å². The summed E-state index contributed by atoms with van der Waals surface area (Å²) >= 11 is 0. The highest BCUT2D eigenvalue weighted by atomic mass is 16.3. The highest BCUT2D eigenvalue weighted by molar-refractivity contribution is 5.79. The number of hydrogen-bond acceptors (Lipinski definition) is 2. The molecule has 0 spiro atoms. The van der Waals surface area contributed by atoms with Crippen LogP contribution in [0, 0.1) is 0 Å². The van der Waals surface area contributed by atoms with Crippen molar-refractivity contribution < 1.29 is 4.42 Å². The van der Waals surface area contributed by atoms with Gasteiger partial charge < -0.3 is 10.2 Å². The summed E-state index contributed by atoms with van der Waals surface area (Å²) in [5.41, 5.74) is 8.32. The minimum absolute atomic E-state index is 0.0509. The molecule has 1 aromatic carbocycles. The third-order valence-electron chi connectivity index (χ3n) is 3.65. The van der Waals surface area contributed by atoms with Gasteiger partial charge in [-0.05, 0) is 42.5 Å². The van der Waals surface area contributed by atoms with Gasteiger partial charge in [0.1, 0.15) is 11.3 Å². The summed E-state index contributed by atoms with van der Waals surface area (Å²) in [6, 6.07) is 8.42. The molecule has 17 heavy (non-hydrogen) atoms. The van der Waals surface area contributed by atoms with Crippen LogP contribution in [-0.2, 0) is 5.41 Å². The van der Waals surface area contributed by atoms with E-state index in [1.165, 1.54) is 5.56 Å². The molecule has 2 N–H and O–H groups in total. The molecule has 2 rings (SSSR count). The van der Waals surface area contributed by atoms with Gasteiger partial charge in [-0.25, -0.2) is 0 Å². The zero-order valence-electron chi connectivity index (χ0n) is 11.1. The highest BCUT2D eigenvalue weighted by Crippen LogP contribution is 2.31. The van der Waals surface area contributed by atoms with Crippen molar-refractivity contribution in [3.63, 3.8) is 0 Å². The average molecular weight is 231 g/mol. The van der Waals surface area contributed by atoms with E-state index in [4.69, 9.17) is 10.2 Å². The topological polar surface area (TPSA) is 39.2 Å². The van der Waals surface area contributed by atoms with Crippen molar-refractivity contribution >= 4 is 11.0 Å². The van der Waals surface area contributed by atoms with E-state index in [2.05, 4.69) is 39.0 Å². The van der Waals surface area contributed by atoms with Gasteiger partial charge in [0.15, 0.2) is 0 Å². The Morgan fingerprint density at radius 3 is 2.59 bits per heavy atom. The van der Waals surface area contributed by atoms with Crippen molar-refractivity contribution in [2.75, 3.05) is 0 Å². The van der Waals surface area contributed by atoms with Crippen molar-refractivity contribution in [3.8, 4) is 0 Å². The third kappa shape index (κ3) is 2.22. The van der Waals surface area contributed by atoms with E-state index in [0.717, 1.165) is 23.2 Å². The van der Waals surface area contributed by atoms with Gasteiger partial charge in [-0.3, -0.25) is 0 Å². The first-order valence-electron chi connectivity index (χ1n) is 6.23. The molecule has 0 saturated heterocycles. The van der Waals surface area contributed by atoms with Crippen LogP contribution in [0.4, 0.5) is 0 Å². The lowest BCUT2D eigenvalue weighted by molar-refractivity contribution is 0.504. The second-order valence-corrected chi connectivity index (χ2v) is 5.43. The molecule has 1 unspecified atom stereocenters. The molecule has 1 atom stereocenters. The lowest BCUT2D eigenvalue weighted by Crippen LogP contribution is -2.14.